The summed E-state index contributed by atoms with van der Waals surface area (Å²) in [5.74, 6) is -0.401. The highest BCUT2D eigenvalue weighted by atomic mass is 16.6. The van der Waals surface area contributed by atoms with Crippen LogP contribution < -0.4 is 5.32 Å². The summed E-state index contributed by atoms with van der Waals surface area (Å²) in [5, 5.41) is 2.52. The first-order valence-corrected chi connectivity index (χ1v) is 4.91. The zero-order chi connectivity index (χ0) is 11.4. The van der Waals surface area contributed by atoms with E-state index < -0.39 is 12.1 Å². The van der Waals surface area contributed by atoms with Crippen LogP contribution >= 0.6 is 0 Å². The zero-order valence-corrected chi connectivity index (χ0v) is 8.51. The molecule has 1 amide bonds. The number of cyclic esters (lactones) is 1. The van der Waals surface area contributed by atoms with Gasteiger partial charge in [0.05, 0.1) is 5.56 Å². The number of alkyl carbamates (subject to hydrolysis) is 1. The summed E-state index contributed by atoms with van der Waals surface area (Å²) < 4.78 is 9.69. The fourth-order valence-corrected chi connectivity index (χ4v) is 1.35. The predicted molar refractivity (Wildman–Crippen MR) is 55.0 cm³/mol. The van der Waals surface area contributed by atoms with Gasteiger partial charge in [0.2, 0.25) is 0 Å². The number of hydrogen-bond donors (Lipinski definition) is 1. The molecule has 16 heavy (non-hydrogen) atoms. The summed E-state index contributed by atoms with van der Waals surface area (Å²) in [6.07, 6.45) is -0.472. The van der Waals surface area contributed by atoms with Crippen molar-refractivity contribution in [3.63, 3.8) is 0 Å². The Bertz CT molecular complexity index is 390. The molecule has 1 aliphatic heterocycles. The van der Waals surface area contributed by atoms with Crippen LogP contribution in [0.1, 0.15) is 10.4 Å². The largest absolute Gasteiger partial charge is 0.460 e. The van der Waals surface area contributed by atoms with Crippen molar-refractivity contribution in [3.8, 4) is 0 Å². The number of hydrogen-bond acceptors (Lipinski definition) is 4. The Morgan fingerprint density at radius 2 is 2.19 bits per heavy atom. The molecule has 0 saturated carbocycles. The van der Waals surface area contributed by atoms with Gasteiger partial charge in [-0.15, -0.1) is 0 Å². The summed E-state index contributed by atoms with van der Waals surface area (Å²) in [6.45, 7) is 0.361. The van der Waals surface area contributed by atoms with Crippen molar-refractivity contribution in [1.29, 1.82) is 0 Å². The highest BCUT2D eigenvalue weighted by Crippen LogP contribution is 2.03. The zero-order valence-electron chi connectivity index (χ0n) is 8.51. The Kier molecular flexibility index (Phi) is 3.05. The molecule has 84 valence electrons. The lowest BCUT2D eigenvalue weighted by Crippen LogP contribution is -2.31. The second-order valence-corrected chi connectivity index (χ2v) is 3.40. The Labute approximate surface area is 92.4 Å². The van der Waals surface area contributed by atoms with Gasteiger partial charge in [0.15, 0.2) is 0 Å². The van der Waals surface area contributed by atoms with Crippen LogP contribution in [-0.4, -0.2) is 31.3 Å². The third-order valence-electron chi connectivity index (χ3n) is 2.16. The SMILES string of the molecule is O=C1N[C@@H](COC(=O)c2ccccc2)CO1. The molecule has 1 saturated heterocycles. The standard InChI is InChI=1S/C11H11NO4/c13-10(8-4-2-1-3-5-8)15-6-9-7-16-11(14)12-9/h1-5,9H,6-7H2,(H,12,14)/t9-/m0/s1. The average Bonchev–Trinajstić information content (AvgIpc) is 2.73. The van der Waals surface area contributed by atoms with Gasteiger partial charge in [0.25, 0.3) is 0 Å². The van der Waals surface area contributed by atoms with Crippen LogP contribution in [0.15, 0.2) is 30.3 Å². The van der Waals surface area contributed by atoms with Gasteiger partial charge < -0.3 is 14.8 Å². The molecule has 0 spiro atoms. The molecule has 0 radical (unpaired) electrons. The van der Waals surface area contributed by atoms with Crippen LogP contribution in [0.3, 0.4) is 0 Å². The van der Waals surface area contributed by atoms with Crippen molar-refractivity contribution in [3.05, 3.63) is 35.9 Å². The molecule has 1 heterocycles. The quantitative estimate of drug-likeness (QED) is 0.772. The topological polar surface area (TPSA) is 64.6 Å². The van der Waals surface area contributed by atoms with Gasteiger partial charge in [-0.3, -0.25) is 0 Å². The highest BCUT2D eigenvalue weighted by molar-refractivity contribution is 5.89. The normalized spacial score (nSPS) is 18.8. The molecule has 5 heteroatoms. The van der Waals surface area contributed by atoms with E-state index in [0.717, 1.165) is 0 Å². The Morgan fingerprint density at radius 3 is 2.81 bits per heavy atom. The number of esters is 1. The van der Waals surface area contributed by atoms with E-state index in [2.05, 4.69) is 10.1 Å². The number of rotatable bonds is 3. The second-order valence-electron chi connectivity index (χ2n) is 3.40. The minimum absolute atomic E-state index is 0.124. The van der Waals surface area contributed by atoms with E-state index >= 15 is 0 Å². The first-order chi connectivity index (χ1) is 7.75. The molecule has 1 aliphatic rings. The van der Waals surface area contributed by atoms with Gasteiger partial charge in [-0.05, 0) is 12.1 Å². The van der Waals surface area contributed by atoms with Crippen molar-refractivity contribution in [2.45, 2.75) is 6.04 Å². The van der Waals surface area contributed by atoms with Gasteiger partial charge in [0.1, 0.15) is 19.3 Å². The maximum absolute atomic E-state index is 11.5. The maximum atomic E-state index is 11.5. The minimum atomic E-state index is -0.472. The number of carbonyl (C=O) groups is 2. The maximum Gasteiger partial charge on any atom is 0.407 e. The van der Waals surface area contributed by atoms with Gasteiger partial charge in [-0.1, -0.05) is 18.2 Å². The minimum Gasteiger partial charge on any atom is -0.460 e. The molecule has 1 atom stereocenters. The van der Waals surface area contributed by atoms with E-state index in [1.165, 1.54) is 0 Å². The molecule has 0 aliphatic carbocycles. The van der Waals surface area contributed by atoms with Crippen LogP contribution in [0.4, 0.5) is 4.79 Å². The van der Waals surface area contributed by atoms with Gasteiger partial charge >= 0.3 is 12.1 Å². The molecule has 1 N–H and O–H groups in total. The van der Waals surface area contributed by atoms with Crippen LogP contribution in [0.2, 0.25) is 0 Å². The predicted octanol–water partition coefficient (Wildman–Crippen LogP) is 0.952. The van der Waals surface area contributed by atoms with Gasteiger partial charge in [-0.25, -0.2) is 9.59 Å². The Morgan fingerprint density at radius 1 is 1.44 bits per heavy atom. The summed E-state index contributed by atoms with van der Waals surface area (Å²) >= 11 is 0. The van der Waals surface area contributed by atoms with Crippen LogP contribution in [0.5, 0.6) is 0 Å². The summed E-state index contributed by atoms with van der Waals surface area (Å²) in [4.78, 5) is 22.2. The third-order valence-corrected chi connectivity index (χ3v) is 2.16. The highest BCUT2D eigenvalue weighted by Gasteiger charge is 2.23. The van der Waals surface area contributed by atoms with E-state index in [-0.39, 0.29) is 19.3 Å². The lowest BCUT2D eigenvalue weighted by molar-refractivity contribution is 0.0468. The molecular weight excluding hydrogens is 210 g/mol. The van der Waals surface area contributed by atoms with Crippen molar-refractivity contribution in [1.82, 2.24) is 5.32 Å². The Hall–Kier alpha value is -2.04. The van der Waals surface area contributed by atoms with Gasteiger partial charge in [0, 0.05) is 0 Å². The molecule has 0 aromatic heterocycles. The number of nitrogens with one attached hydrogen (secondary N) is 1. The van der Waals surface area contributed by atoms with E-state index in [4.69, 9.17) is 4.74 Å². The van der Waals surface area contributed by atoms with Crippen molar-refractivity contribution < 1.29 is 19.1 Å². The third kappa shape index (κ3) is 2.50. The Balaban J connectivity index is 1.82. The summed E-state index contributed by atoms with van der Waals surface area (Å²) in [7, 11) is 0. The molecule has 1 fully saturated rings. The van der Waals surface area contributed by atoms with Crippen LogP contribution in [0.25, 0.3) is 0 Å². The number of benzene rings is 1. The average molecular weight is 221 g/mol. The van der Waals surface area contributed by atoms with Crippen molar-refractivity contribution in [2.24, 2.45) is 0 Å². The monoisotopic (exact) mass is 221 g/mol. The smallest absolute Gasteiger partial charge is 0.407 e. The van der Waals surface area contributed by atoms with Crippen molar-refractivity contribution in [2.75, 3.05) is 13.2 Å². The van der Waals surface area contributed by atoms with E-state index in [9.17, 15) is 9.59 Å². The van der Waals surface area contributed by atoms with Crippen molar-refractivity contribution >= 4 is 12.1 Å². The first kappa shape index (κ1) is 10.5. The number of carbonyl (C=O) groups excluding carboxylic acids is 2. The van der Waals surface area contributed by atoms with E-state index in [1.807, 2.05) is 6.07 Å². The lowest BCUT2D eigenvalue weighted by Gasteiger charge is -2.08. The molecule has 2 rings (SSSR count). The number of amides is 1. The molecule has 5 nitrogen and oxygen atoms in total. The van der Waals surface area contributed by atoms with E-state index in [0.29, 0.717) is 5.56 Å². The van der Waals surface area contributed by atoms with Crippen LogP contribution in [0, 0.1) is 0 Å². The molecule has 0 bridgehead atoms. The van der Waals surface area contributed by atoms with Crippen LogP contribution in [-0.2, 0) is 9.47 Å². The second kappa shape index (κ2) is 4.65. The lowest BCUT2D eigenvalue weighted by atomic mass is 10.2. The summed E-state index contributed by atoms with van der Waals surface area (Å²) in [6, 6.07) is 8.44. The molecule has 0 unspecified atom stereocenters. The summed E-state index contributed by atoms with van der Waals surface area (Å²) in [5.41, 5.74) is 0.493. The molecule has 1 aromatic rings. The number of ether oxygens (including phenoxy) is 2. The molecular formula is C11H11NO4. The van der Waals surface area contributed by atoms with Gasteiger partial charge in [-0.2, -0.15) is 0 Å². The fourth-order valence-electron chi connectivity index (χ4n) is 1.35. The van der Waals surface area contributed by atoms with E-state index in [1.54, 1.807) is 24.3 Å². The molecule has 1 aromatic carbocycles. The fraction of sp³-hybridized carbons (Fsp3) is 0.273. The first-order valence-electron chi connectivity index (χ1n) is 4.91.